The van der Waals surface area contributed by atoms with Crippen LogP contribution in [0.5, 0.6) is 5.75 Å². The smallest absolute Gasteiger partial charge is 0.229 e. The van der Waals surface area contributed by atoms with Crippen LogP contribution in [0.15, 0.2) is 59.1 Å². The number of para-hydroxylation sites is 2. The van der Waals surface area contributed by atoms with E-state index in [1.54, 1.807) is 23.1 Å². The molecule has 1 fully saturated rings. The third kappa shape index (κ3) is 3.56. The van der Waals surface area contributed by atoms with E-state index in [1.165, 1.54) is 17.8 Å². The zero-order chi connectivity index (χ0) is 20.4. The first-order valence-corrected chi connectivity index (χ1v) is 10.4. The second-order valence-corrected chi connectivity index (χ2v) is 7.72. The molecule has 0 radical (unpaired) electrons. The Morgan fingerprint density at radius 3 is 2.76 bits per heavy atom. The van der Waals surface area contributed by atoms with E-state index in [0.29, 0.717) is 35.3 Å². The number of nitriles is 1. The lowest BCUT2D eigenvalue weighted by Crippen LogP contribution is -2.47. The number of carbonyl (C=O) groups is 1. The average molecular weight is 409 g/mol. The van der Waals surface area contributed by atoms with Crippen molar-refractivity contribution in [2.24, 2.45) is 0 Å². The maximum Gasteiger partial charge on any atom is 0.229 e. The number of amides is 1. The third-order valence-corrected chi connectivity index (χ3v) is 6.23. The van der Waals surface area contributed by atoms with Crippen molar-refractivity contribution in [2.75, 3.05) is 24.1 Å². The van der Waals surface area contributed by atoms with E-state index in [1.807, 2.05) is 31.2 Å². The van der Waals surface area contributed by atoms with Gasteiger partial charge in [-0.05, 0) is 30.7 Å². The van der Waals surface area contributed by atoms with Gasteiger partial charge in [-0.1, -0.05) is 42.1 Å². The molecule has 0 bridgehead atoms. The fourth-order valence-electron chi connectivity index (χ4n) is 3.73. The number of anilines is 1. The molecule has 0 aliphatic carbocycles. The Kier molecular flexibility index (Phi) is 5.45. The van der Waals surface area contributed by atoms with Crippen molar-refractivity contribution in [2.45, 2.75) is 19.3 Å². The molecular formula is C22H20FN3O2S. The number of hydrogen-bond donors (Lipinski definition) is 0. The molecule has 2 aromatic rings. The van der Waals surface area contributed by atoms with Crippen LogP contribution in [0.3, 0.4) is 0 Å². The van der Waals surface area contributed by atoms with Crippen LogP contribution in [-0.4, -0.2) is 30.0 Å². The minimum Gasteiger partial charge on any atom is -0.492 e. The molecule has 1 amide bonds. The molecule has 148 valence electrons. The second-order valence-electron chi connectivity index (χ2n) is 6.79. The number of thioether (sulfide) groups is 1. The molecule has 2 aliphatic heterocycles. The number of allylic oxidation sites excluding steroid dienone is 1. The van der Waals surface area contributed by atoms with Gasteiger partial charge in [0.1, 0.15) is 11.6 Å². The van der Waals surface area contributed by atoms with Gasteiger partial charge in [0.25, 0.3) is 0 Å². The predicted octanol–water partition coefficient (Wildman–Crippen LogP) is 4.44. The molecule has 1 unspecified atom stereocenters. The average Bonchev–Trinajstić information content (AvgIpc) is 2.74. The molecule has 0 saturated carbocycles. The Hall–Kier alpha value is -2.98. The monoisotopic (exact) mass is 409 g/mol. The minimum atomic E-state index is -0.547. The standard InChI is InChI=1S/C22H20FN3O2S/c1-2-28-20-10-6-5-9-19(20)25-13-26-21(27)11-16(15-7-3-4-8-18(15)23)17(12-24)22(26)29-14-25/h3-10,16H,2,11,13-14H2,1H3. The SMILES string of the molecule is CCOc1ccccc1N1CSC2=C(C#N)C(c3ccccc3F)CC(=O)N2C1. The Morgan fingerprint density at radius 2 is 2.00 bits per heavy atom. The van der Waals surface area contributed by atoms with Gasteiger partial charge in [0.2, 0.25) is 5.91 Å². The second kappa shape index (κ2) is 8.18. The molecule has 4 rings (SSSR count). The van der Waals surface area contributed by atoms with Crippen molar-refractivity contribution in [1.82, 2.24) is 4.90 Å². The van der Waals surface area contributed by atoms with Crippen molar-refractivity contribution in [3.8, 4) is 11.8 Å². The maximum absolute atomic E-state index is 14.3. The van der Waals surface area contributed by atoms with E-state index >= 15 is 0 Å². The highest BCUT2D eigenvalue weighted by Crippen LogP contribution is 2.44. The molecule has 1 atom stereocenters. The molecule has 2 heterocycles. The first-order valence-electron chi connectivity index (χ1n) is 9.42. The molecule has 5 nitrogen and oxygen atoms in total. The molecular weight excluding hydrogens is 389 g/mol. The van der Waals surface area contributed by atoms with Crippen LogP contribution >= 0.6 is 11.8 Å². The topological polar surface area (TPSA) is 56.6 Å². The van der Waals surface area contributed by atoms with Gasteiger partial charge >= 0.3 is 0 Å². The fraction of sp³-hybridized carbons (Fsp3) is 0.273. The van der Waals surface area contributed by atoms with E-state index < -0.39 is 5.92 Å². The number of nitrogens with zero attached hydrogens (tertiary/aromatic N) is 3. The highest BCUT2D eigenvalue weighted by molar-refractivity contribution is 8.03. The molecule has 0 N–H and O–H groups in total. The predicted molar refractivity (Wildman–Crippen MR) is 111 cm³/mol. The van der Waals surface area contributed by atoms with Gasteiger partial charge in [-0.3, -0.25) is 9.69 Å². The summed E-state index contributed by atoms with van der Waals surface area (Å²) in [5.41, 5.74) is 1.76. The Balaban J connectivity index is 1.68. The van der Waals surface area contributed by atoms with E-state index in [0.717, 1.165) is 11.4 Å². The van der Waals surface area contributed by atoms with Crippen LogP contribution in [0.25, 0.3) is 0 Å². The number of fused-ring (bicyclic) bond motifs is 1. The quantitative estimate of drug-likeness (QED) is 0.747. The summed E-state index contributed by atoms with van der Waals surface area (Å²) in [5, 5.41) is 10.4. The van der Waals surface area contributed by atoms with Gasteiger partial charge in [-0.25, -0.2) is 4.39 Å². The van der Waals surface area contributed by atoms with Gasteiger partial charge in [-0.15, -0.1) is 0 Å². The molecule has 0 aromatic heterocycles. The summed E-state index contributed by atoms with van der Waals surface area (Å²) in [7, 11) is 0. The van der Waals surface area contributed by atoms with Crippen LogP contribution in [0, 0.1) is 17.1 Å². The van der Waals surface area contributed by atoms with Gasteiger partial charge in [-0.2, -0.15) is 5.26 Å². The van der Waals surface area contributed by atoms with E-state index in [-0.39, 0.29) is 18.1 Å². The highest BCUT2D eigenvalue weighted by Gasteiger charge is 2.39. The lowest BCUT2D eigenvalue weighted by atomic mass is 9.86. The summed E-state index contributed by atoms with van der Waals surface area (Å²) in [6.07, 6.45) is 0.0782. The number of halogens is 1. The summed E-state index contributed by atoms with van der Waals surface area (Å²) >= 11 is 1.43. The number of carbonyl (C=O) groups excluding carboxylic acids is 1. The van der Waals surface area contributed by atoms with Crippen LogP contribution in [0.1, 0.15) is 24.8 Å². The third-order valence-electron chi connectivity index (χ3n) is 5.08. The maximum atomic E-state index is 14.3. The van der Waals surface area contributed by atoms with Crippen LogP contribution in [0.4, 0.5) is 10.1 Å². The van der Waals surface area contributed by atoms with Gasteiger partial charge < -0.3 is 9.64 Å². The Morgan fingerprint density at radius 1 is 1.24 bits per heavy atom. The highest BCUT2D eigenvalue weighted by atomic mass is 32.2. The zero-order valence-corrected chi connectivity index (χ0v) is 16.8. The number of ether oxygens (including phenoxy) is 1. The van der Waals surface area contributed by atoms with Crippen molar-refractivity contribution in [1.29, 1.82) is 5.26 Å². The normalized spacial score (nSPS) is 19.1. The largest absolute Gasteiger partial charge is 0.492 e. The van der Waals surface area contributed by atoms with Crippen molar-refractivity contribution >= 4 is 23.4 Å². The first kappa shape index (κ1) is 19.3. The molecule has 29 heavy (non-hydrogen) atoms. The molecule has 2 aromatic carbocycles. The van der Waals surface area contributed by atoms with Crippen molar-refractivity contribution in [3.63, 3.8) is 0 Å². The number of hydrogen-bond acceptors (Lipinski definition) is 5. The van der Waals surface area contributed by atoms with Crippen LogP contribution in [-0.2, 0) is 4.79 Å². The number of benzene rings is 2. The Labute approximate surface area is 173 Å². The summed E-state index contributed by atoms with van der Waals surface area (Å²) in [6, 6.07) is 16.3. The summed E-state index contributed by atoms with van der Waals surface area (Å²) < 4.78 is 20.1. The minimum absolute atomic E-state index is 0.0782. The lowest BCUT2D eigenvalue weighted by Gasteiger charge is -2.42. The summed E-state index contributed by atoms with van der Waals surface area (Å²) in [4.78, 5) is 16.6. The van der Waals surface area contributed by atoms with Crippen molar-refractivity contribution in [3.05, 3.63) is 70.5 Å². The van der Waals surface area contributed by atoms with E-state index in [2.05, 4.69) is 11.0 Å². The molecule has 0 spiro atoms. The summed E-state index contributed by atoms with van der Waals surface area (Å²) in [6.45, 7) is 2.81. The Bertz CT molecular complexity index is 1020. The van der Waals surface area contributed by atoms with Crippen LogP contribution in [0.2, 0.25) is 0 Å². The molecule has 2 aliphatic rings. The van der Waals surface area contributed by atoms with Gasteiger partial charge in [0.15, 0.2) is 0 Å². The lowest BCUT2D eigenvalue weighted by molar-refractivity contribution is -0.129. The number of rotatable bonds is 4. The van der Waals surface area contributed by atoms with Crippen molar-refractivity contribution < 1.29 is 13.9 Å². The fourth-order valence-corrected chi connectivity index (χ4v) is 4.89. The van der Waals surface area contributed by atoms with E-state index in [4.69, 9.17) is 4.74 Å². The van der Waals surface area contributed by atoms with Crippen LogP contribution < -0.4 is 9.64 Å². The van der Waals surface area contributed by atoms with Gasteiger partial charge in [0, 0.05) is 12.3 Å². The van der Waals surface area contributed by atoms with E-state index in [9.17, 15) is 14.4 Å². The molecule has 1 saturated heterocycles. The first-order chi connectivity index (χ1) is 14.1. The molecule has 7 heteroatoms. The zero-order valence-electron chi connectivity index (χ0n) is 16.0. The van der Waals surface area contributed by atoms with Gasteiger partial charge in [0.05, 0.1) is 41.5 Å². The summed E-state index contributed by atoms with van der Waals surface area (Å²) in [5.74, 6) is 0.281.